The van der Waals surface area contributed by atoms with Gasteiger partial charge in [0.1, 0.15) is 11.9 Å². The summed E-state index contributed by atoms with van der Waals surface area (Å²) in [6, 6.07) is 6.48. The van der Waals surface area contributed by atoms with Crippen molar-refractivity contribution in [2.75, 3.05) is 12.4 Å². The molecule has 0 amide bonds. The predicted octanol–water partition coefficient (Wildman–Crippen LogP) is 2.24. The van der Waals surface area contributed by atoms with E-state index in [-0.39, 0.29) is 5.88 Å². The molecule has 2 heterocycles. The molecular formula is C12H9FN4O. The van der Waals surface area contributed by atoms with Crippen molar-refractivity contribution >= 4 is 11.5 Å². The summed E-state index contributed by atoms with van der Waals surface area (Å²) in [5, 5.41) is 11.7. The molecule has 0 saturated carbocycles. The highest BCUT2D eigenvalue weighted by Gasteiger charge is 2.07. The summed E-state index contributed by atoms with van der Waals surface area (Å²) in [7, 11) is 1.34. The van der Waals surface area contributed by atoms with Crippen LogP contribution in [0.4, 0.5) is 15.9 Å². The van der Waals surface area contributed by atoms with Crippen LogP contribution in [0.15, 0.2) is 30.6 Å². The molecule has 0 aliphatic carbocycles. The lowest BCUT2D eigenvalue weighted by Gasteiger charge is -2.07. The van der Waals surface area contributed by atoms with Crippen molar-refractivity contribution in [1.82, 2.24) is 9.97 Å². The van der Waals surface area contributed by atoms with Crippen molar-refractivity contribution in [3.8, 4) is 11.9 Å². The van der Waals surface area contributed by atoms with Crippen molar-refractivity contribution in [1.29, 1.82) is 5.26 Å². The van der Waals surface area contributed by atoms with Gasteiger partial charge in [-0.1, -0.05) is 0 Å². The second-order valence-corrected chi connectivity index (χ2v) is 3.35. The Morgan fingerprint density at radius 2 is 2.28 bits per heavy atom. The average Bonchev–Trinajstić information content (AvgIpc) is 2.39. The fraction of sp³-hybridized carbons (Fsp3) is 0.0833. The Morgan fingerprint density at radius 1 is 1.44 bits per heavy atom. The quantitative estimate of drug-likeness (QED) is 0.896. The number of anilines is 2. The lowest BCUT2D eigenvalue weighted by molar-refractivity contribution is 0.369. The molecule has 0 unspecified atom stereocenters. The van der Waals surface area contributed by atoms with E-state index in [9.17, 15) is 4.39 Å². The van der Waals surface area contributed by atoms with Gasteiger partial charge in [-0.2, -0.15) is 5.26 Å². The van der Waals surface area contributed by atoms with Gasteiger partial charge in [-0.3, -0.25) is 0 Å². The van der Waals surface area contributed by atoms with Gasteiger partial charge < -0.3 is 10.1 Å². The Morgan fingerprint density at radius 3 is 2.94 bits per heavy atom. The summed E-state index contributed by atoms with van der Waals surface area (Å²) in [6.07, 6.45) is 2.94. The molecule has 2 aromatic rings. The fourth-order valence-corrected chi connectivity index (χ4v) is 1.38. The van der Waals surface area contributed by atoms with Gasteiger partial charge in [-0.05, 0) is 12.1 Å². The number of halogens is 1. The van der Waals surface area contributed by atoms with Gasteiger partial charge in [-0.25, -0.2) is 14.4 Å². The van der Waals surface area contributed by atoms with Gasteiger partial charge >= 0.3 is 0 Å². The number of nitriles is 1. The van der Waals surface area contributed by atoms with Gasteiger partial charge in [0, 0.05) is 12.3 Å². The van der Waals surface area contributed by atoms with Gasteiger partial charge in [0.25, 0.3) is 0 Å². The number of aromatic nitrogens is 2. The smallest absolute Gasteiger partial charge is 0.250 e. The molecule has 0 aromatic carbocycles. The topological polar surface area (TPSA) is 70.8 Å². The van der Waals surface area contributed by atoms with Gasteiger partial charge in [0.2, 0.25) is 5.88 Å². The van der Waals surface area contributed by atoms with Gasteiger partial charge in [0.05, 0.1) is 24.6 Å². The van der Waals surface area contributed by atoms with Crippen LogP contribution >= 0.6 is 0 Å². The van der Waals surface area contributed by atoms with Crippen LogP contribution in [0.1, 0.15) is 5.56 Å². The highest BCUT2D eigenvalue weighted by atomic mass is 19.1. The van der Waals surface area contributed by atoms with E-state index in [1.165, 1.54) is 25.6 Å². The summed E-state index contributed by atoms with van der Waals surface area (Å²) < 4.78 is 18.1. The zero-order chi connectivity index (χ0) is 13.0. The van der Waals surface area contributed by atoms with Crippen LogP contribution in [0.2, 0.25) is 0 Å². The van der Waals surface area contributed by atoms with Crippen LogP contribution in [0.3, 0.4) is 0 Å². The number of ether oxygens (including phenoxy) is 1. The maximum Gasteiger partial charge on any atom is 0.250 e. The zero-order valence-corrected chi connectivity index (χ0v) is 9.51. The summed E-state index contributed by atoms with van der Waals surface area (Å²) in [5.74, 6) is -0.314. The molecule has 1 N–H and O–H groups in total. The van der Waals surface area contributed by atoms with Crippen LogP contribution in [-0.2, 0) is 0 Å². The van der Waals surface area contributed by atoms with E-state index >= 15 is 0 Å². The molecule has 2 rings (SSSR count). The molecule has 0 radical (unpaired) electrons. The van der Waals surface area contributed by atoms with Gasteiger partial charge in [0.15, 0.2) is 5.82 Å². The molecule has 2 aromatic heterocycles. The number of nitrogens with one attached hydrogen (secondary N) is 1. The van der Waals surface area contributed by atoms with Crippen LogP contribution in [0.25, 0.3) is 0 Å². The van der Waals surface area contributed by atoms with E-state index in [0.717, 1.165) is 0 Å². The standard InChI is InChI=1S/C12H9FN4O/c1-18-12-10(13)5-9(7-16-12)17-11-8(6-14)3-2-4-15-11/h2-5,7H,1H3,(H,15,17). The van der Waals surface area contributed by atoms with Crippen LogP contribution in [0.5, 0.6) is 5.88 Å². The number of methoxy groups -OCH3 is 1. The van der Waals surface area contributed by atoms with Gasteiger partial charge in [-0.15, -0.1) is 0 Å². The summed E-state index contributed by atoms with van der Waals surface area (Å²) in [5.41, 5.74) is 0.761. The molecule has 18 heavy (non-hydrogen) atoms. The first kappa shape index (κ1) is 11.8. The molecule has 0 fully saturated rings. The molecule has 0 atom stereocenters. The van der Waals surface area contributed by atoms with Crippen LogP contribution in [0, 0.1) is 17.1 Å². The van der Waals surface area contributed by atoms with Crippen LogP contribution in [-0.4, -0.2) is 17.1 Å². The van der Waals surface area contributed by atoms with E-state index in [0.29, 0.717) is 17.1 Å². The molecule has 0 bridgehead atoms. The minimum absolute atomic E-state index is 0.0814. The molecule has 0 spiro atoms. The molecule has 5 nitrogen and oxygen atoms in total. The minimum Gasteiger partial charge on any atom is -0.479 e. The van der Waals surface area contributed by atoms with E-state index in [1.807, 2.05) is 6.07 Å². The van der Waals surface area contributed by atoms with Crippen molar-refractivity contribution < 1.29 is 9.13 Å². The number of nitrogens with zero attached hydrogens (tertiary/aromatic N) is 3. The maximum atomic E-state index is 13.4. The largest absolute Gasteiger partial charge is 0.479 e. The highest BCUT2D eigenvalue weighted by molar-refractivity contribution is 5.61. The van der Waals surface area contributed by atoms with Crippen molar-refractivity contribution in [3.05, 3.63) is 42.0 Å². The number of pyridine rings is 2. The third kappa shape index (κ3) is 2.35. The second-order valence-electron chi connectivity index (χ2n) is 3.35. The monoisotopic (exact) mass is 244 g/mol. The molecule has 0 aliphatic rings. The highest BCUT2D eigenvalue weighted by Crippen LogP contribution is 2.21. The lowest BCUT2D eigenvalue weighted by atomic mass is 10.2. The normalized spacial score (nSPS) is 9.61. The summed E-state index contributed by atoms with van der Waals surface area (Å²) in [6.45, 7) is 0. The zero-order valence-electron chi connectivity index (χ0n) is 9.51. The van der Waals surface area contributed by atoms with E-state index in [4.69, 9.17) is 10.00 Å². The molecular weight excluding hydrogens is 235 g/mol. The summed E-state index contributed by atoms with van der Waals surface area (Å²) >= 11 is 0. The first-order valence-corrected chi connectivity index (χ1v) is 5.06. The molecule has 6 heteroatoms. The predicted molar refractivity (Wildman–Crippen MR) is 63.0 cm³/mol. The summed E-state index contributed by atoms with van der Waals surface area (Å²) in [4.78, 5) is 7.78. The van der Waals surface area contributed by atoms with E-state index in [1.54, 1.807) is 12.1 Å². The average molecular weight is 244 g/mol. The first-order chi connectivity index (χ1) is 8.74. The van der Waals surface area contributed by atoms with Crippen LogP contribution < -0.4 is 10.1 Å². The molecule has 0 saturated heterocycles. The maximum absolute atomic E-state index is 13.4. The SMILES string of the molecule is COc1ncc(Nc2ncccc2C#N)cc1F. The Balaban J connectivity index is 2.29. The third-order valence-corrected chi connectivity index (χ3v) is 2.19. The van der Waals surface area contributed by atoms with Crippen molar-refractivity contribution in [3.63, 3.8) is 0 Å². The van der Waals surface area contributed by atoms with E-state index < -0.39 is 5.82 Å². The second kappa shape index (κ2) is 5.10. The minimum atomic E-state index is -0.586. The number of hydrogen-bond donors (Lipinski definition) is 1. The molecule has 90 valence electrons. The lowest BCUT2D eigenvalue weighted by Crippen LogP contribution is -1.99. The Labute approximate surface area is 103 Å². The number of rotatable bonds is 3. The third-order valence-electron chi connectivity index (χ3n) is 2.19. The number of hydrogen-bond acceptors (Lipinski definition) is 5. The van der Waals surface area contributed by atoms with E-state index in [2.05, 4.69) is 15.3 Å². The fourth-order valence-electron chi connectivity index (χ4n) is 1.38. The van der Waals surface area contributed by atoms with Crippen molar-refractivity contribution in [2.24, 2.45) is 0 Å². The Bertz CT molecular complexity index is 609. The first-order valence-electron chi connectivity index (χ1n) is 5.06. The Kier molecular flexibility index (Phi) is 3.34. The van der Waals surface area contributed by atoms with Crippen molar-refractivity contribution in [2.45, 2.75) is 0 Å². The Hall–Kier alpha value is -2.68. The molecule has 0 aliphatic heterocycles.